The highest BCUT2D eigenvalue weighted by Gasteiger charge is 2.60. The van der Waals surface area contributed by atoms with Gasteiger partial charge in [0.1, 0.15) is 0 Å². The van der Waals surface area contributed by atoms with Crippen molar-refractivity contribution in [2.24, 2.45) is 33.5 Å². The van der Waals surface area contributed by atoms with E-state index in [1.807, 2.05) is 30.3 Å². The number of hydrogen-bond acceptors (Lipinski definition) is 2. The number of anilines is 1. The fraction of sp³-hybridized carbons (Fsp3) is 0.692. The maximum atomic E-state index is 14.2. The third-order valence-electron chi connectivity index (χ3n) is 9.83. The number of hydrogen-bond donors (Lipinski definition) is 0. The number of nitrogens with zero attached hydrogens (tertiary/aromatic N) is 1. The zero-order valence-corrected chi connectivity index (χ0v) is 19.6. The molecule has 0 bridgehead atoms. The summed E-state index contributed by atoms with van der Waals surface area (Å²) in [5, 5.41) is 0. The number of carbonyl (C=O) groups is 2. The van der Waals surface area contributed by atoms with Crippen LogP contribution in [-0.4, -0.2) is 11.8 Å². The Morgan fingerprint density at radius 1 is 0.759 bits per heavy atom. The van der Waals surface area contributed by atoms with Gasteiger partial charge in [-0.15, -0.1) is 0 Å². The van der Waals surface area contributed by atoms with Crippen molar-refractivity contribution < 1.29 is 9.59 Å². The molecule has 29 heavy (non-hydrogen) atoms. The lowest BCUT2D eigenvalue weighted by Crippen LogP contribution is -2.56. The maximum Gasteiger partial charge on any atom is 0.240 e. The molecule has 3 rings (SSSR count). The standard InChI is InChI=1S/C26H39NO2/c1-18-14-16-25(7,23(18,3)4)21(28)27(20-12-10-9-11-13-20)22(29)26(8)17-15-19(2)24(26,5)6/h9-13,18-19H,14-17H2,1-8H3/t18-,19-,25-,26-/m1/s1. The van der Waals surface area contributed by atoms with Gasteiger partial charge in [-0.3, -0.25) is 9.59 Å². The van der Waals surface area contributed by atoms with Crippen LogP contribution in [0.15, 0.2) is 30.3 Å². The second kappa shape index (κ2) is 6.96. The molecule has 1 aromatic rings. The Labute approximate surface area is 177 Å². The van der Waals surface area contributed by atoms with Crippen molar-refractivity contribution in [3.63, 3.8) is 0 Å². The smallest absolute Gasteiger partial charge is 0.240 e. The van der Waals surface area contributed by atoms with Gasteiger partial charge in [-0.25, -0.2) is 4.90 Å². The Hall–Kier alpha value is -1.64. The van der Waals surface area contributed by atoms with E-state index in [-0.39, 0.29) is 22.6 Å². The number of rotatable bonds is 3. The SMILES string of the molecule is C[C@@H]1CC[C@](C)(C(=O)N(C(=O)[C@@]2(C)CC[C@@H](C)C2(C)C)c2ccccc2)C1(C)C. The van der Waals surface area contributed by atoms with Gasteiger partial charge in [0.05, 0.1) is 16.5 Å². The summed E-state index contributed by atoms with van der Waals surface area (Å²) in [6, 6.07) is 9.57. The van der Waals surface area contributed by atoms with Crippen LogP contribution in [0.25, 0.3) is 0 Å². The lowest BCUT2D eigenvalue weighted by atomic mass is 9.63. The van der Waals surface area contributed by atoms with Crippen molar-refractivity contribution >= 4 is 17.5 Å². The molecule has 2 amide bonds. The summed E-state index contributed by atoms with van der Waals surface area (Å²) < 4.78 is 0. The summed E-state index contributed by atoms with van der Waals surface area (Å²) in [4.78, 5) is 29.9. The van der Waals surface area contributed by atoms with Crippen molar-refractivity contribution in [2.75, 3.05) is 4.90 Å². The van der Waals surface area contributed by atoms with Crippen LogP contribution in [-0.2, 0) is 9.59 Å². The third-order valence-corrected chi connectivity index (χ3v) is 9.83. The minimum atomic E-state index is -0.553. The van der Waals surface area contributed by atoms with Gasteiger partial charge in [-0.05, 0) is 60.5 Å². The first kappa shape index (κ1) is 22.1. The Morgan fingerprint density at radius 3 is 1.45 bits per heavy atom. The van der Waals surface area contributed by atoms with E-state index in [0.717, 1.165) is 25.7 Å². The van der Waals surface area contributed by atoms with Crippen LogP contribution in [0, 0.1) is 33.5 Å². The molecular weight excluding hydrogens is 358 g/mol. The predicted octanol–water partition coefficient (Wildman–Crippen LogP) is 6.47. The monoisotopic (exact) mass is 397 g/mol. The minimum absolute atomic E-state index is 0.0281. The maximum absolute atomic E-state index is 14.2. The van der Waals surface area contributed by atoms with Crippen molar-refractivity contribution in [1.29, 1.82) is 0 Å². The van der Waals surface area contributed by atoms with Gasteiger partial charge in [0.25, 0.3) is 0 Å². The summed E-state index contributed by atoms with van der Waals surface area (Å²) in [5.41, 5.74) is -0.713. The number of benzene rings is 1. The molecule has 0 unspecified atom stereocenters. The molecule has 2 saturated carbocycles. The van der Waals surface area contributed by atoms with Gasteiger partial charge in [-0.2, -0.15) is 0 Å². The molecule has 0 aliphatic heterocycles. The van der Waals surface area contributed by atoms with Gasteiger partial charge in [-0.1, -0.05) is 73.6 Å². The number of amides is 2. The lowest BCUT2D eigenvalue weighted by molar-refractivity contribution is -0.142. The molecule has 2 fully saturated rings. The van der Waals surface area contributed by atoms with Gasteiger partial charge in [0.15, 0.2) is 0 Å². The van der Waals surface area contributed by atoms with Crippen LogP contribution >= 0.6 is 0 Å². The number of para-hydroxylation sites is 1. The number of carbonyl (C=O) groups excluding carboxylic acids is 2. The van der Waals surface area contributed by atoms with E-state index < -0.39 is 10.8 Å². The van der Waals surface area contributed by atoms with E-state index in [4.69, 9.17) is 0 Å². The van der Waals surface area contributed by atoms with Crippen molar-refractivity contribution in [1.82, 2.24) is 0 Å². The lowest BCUT2D eigenvalue weighted by Gasteiger charge is -2.46. The molecule has 0 heterocycles. The van der Waals surface area contributed by atoms with Gasteiger partial charge >= 0.3 is 0 Å². The molecule has 3 heteroatoms. The second-order valence-electron chi connectivity index (χ2n) is 11.3. The zero-order chi connectivity index (χ0) is 21.8. The minimum Gasteiger partial charge on any atom is -0.273 e. The van der Waals surface area contributed by atoms with E-state index in [1.165, 1.54) is 0 Å². The number of imide groups is 1. The van der Waals surface area contributed by atoms with Crippen LogP contribution < -0.4 is 4.90 Å². The Kier molecular flexibility index (Phi) is 5.29. The van der Waals surface area contributed by atoms with Crippen molar-refractivity contribution in [3.8, 4) is 0 Å². The van der Waals surface area contributed by atoms with E-state index in [2.05, 4.69) is 55.4 Å². The van der Waals surface area contributed by atoms with Crippen LogP contribution in [0.2, 0.25) is 0 Å². The molecule has 1 aromatic carbocycles. The van der Waals surface area contributed by atoms with Crippen LogP contribution in [0.4, 0.5) is 5.69 Å². The fourth-order valence-corrected chi connectivity index (χ4v) is 5.63. The van der Waals surface area contributed by atoms with E-state index in [1.54, 1.807) is 4.90 Å². The van der Waals surface area contributed by atoms with Gasteiger partial charge in [0.2, 0.25) is 11.8 Å². The first-order chi connectivity index (χ1) is 13.3. The molecule has 0 aromatic heterocycles. The molecule has 2 aliphatic rings. The molecular formula is C26H39NO2. The first-order valence-corrected chi connectivity index (χ1v) is 11.2. The second-order valence-corrected chi connectivity index (χ2v) is 11.3. The molecule has 2 aliphatic carbocycles. The summed E-state index contributed by atoms with van der Waals surface area (Å²) >= 11 is 0. The summed E-state index contributed by atoms with van der Waals surface area (Å²) in [5.74, 6) is 0.838. The average molecular weight is 398 g/mol. The van der Waals surface area contributed by atoms with Gasteiger partial charge in [0, 0.05) is 0 Å². The molecule has 0 saturated heterocycles. The summed E-state index contributed by atoms with van der Waals surface area (Å²) in [6.07, 6.45) is 3.69. The third kappa shape index (κ3) is 2.99. The molecule has 160 valence electrons. The van der Waals surface area contributed by atoms with Crippen molar-refractivity contribution in [3.05, 3.63) is 30.3 Å². The molecule has 0 spiro atoms. The summed E-state index contributed by atoms with van der Waals surface area (Å²) in [6.45, 7) is 17.4. The molecule has 4 atom stereocenters. The fourth-order valence-electron chi connectivity index (χ4n) is 5.63. The largest absolute Gasteiger partial charge is 0.273 e. The first-order valence-electron chi connectivity index (χ1n) is 11.2. The Bertz CT molecular complexity index is 748. The molecule has 0 N–H and O–H groups in total. The average Bonchev–Trinajstić information content (AvgIpc) is 3.02. The van der Waals surface area contributed by atoms with E-state index in [9.17, 15) is 9.59 Å². The Morgan fingerprint density at radius 2 is 1.14 bits per heavy atom. The molecule has 3 nitrogen and oxygen atoms in total. The van der Waals surface area contributed by atoms with Gasteiger partial charge < -0.3 is 0 Å². The van der Waals surface area contributed by atoms with E-state index >= 15 is 0 Å². The molecule has 0 radical (unpaired) electrons. The summed E-state index contributed by atoms with van der Waals surface area (Å²) in [7, 11) is 0. The predicted molar refractivity (Wildman–Crippen MR) is 120 cm³/mol. The highest BCUT2D eigenvalue weighted by molar-refractivity contribution is 6.18. The van der Waals surface area contributed by atoms with Crippen LogP contribution in [0.5, 0.6) is 0 Å². The quantitative estimate of drug-likeness (QED) is 0.548. The van der Waals surface area contributed by atoms with Crippen molar-refractivity contribution in [2.45, 2.75) is 81.1 Å². The Balaban J connectivity index is 2.10. The normalized spacial score (nSPS) is 35.4. The van der Waals surface area contributed by atoms with Crippen LogP contribution in [0.3, 0.4) is 0 Å². The highest BCUT2D eigenvalue weighted by Crippen LogP contribution is 2.59. The van der Waals surface area contributed by atoms with E-state index in [0.29, 0.717) is 17.5 Å². The van der Waals surface area contributed by atoms with Crippen LogP contribution in [0.1, 0.15) is 81.1 Å². The topological polar surface area (TPSA) is 37.4 Å². The highest BCUT2D eigenvalue weighted by atomic mass is 16.2. The zero-order valence-electron chi connectivity index (χ0n) is 19.6.